The monoisotopic (exact) mass is 253 g/mol. The Morgan fingerprint density at radius 1 is 1.06 bits per heavy atom. The molecular formula is C15H31N3. The maximum Gasteiger partial charge on any atom is 0.0219 e. The maximum absolute atomic E-state index is 5.91. The molecule has 3 nitrogen and oxygen atoms in total. The summed E-state index contributed by atoms with van der Waals surface area (Å²) in [6.07, 6.45) is 9.76. The molecule has 0 aromatic rings. The van der Waals surface area contributed by atoms with Gasteiger partial charge in [-0.3, -0.25) is 9.80 Å². The first-order chi connectivity index (χ1) is 8.85. The lowest BCUT2D eigenvalue weighted by Gasteiger charge is -2.43. The molecule has 0 bridgehead atoms. The SMILES string of the molecule is CCCC(CN)N1CCN(C2CCCCC2)CC1. The fourth-order valence-corrected chi connectivity index (χ4v) is 3.70. The first-order valence-corrected chi connectivity index (χ1v) is 8.03. The molecule has 106 valence electrons. The van der Waals surface area contributed by atoms with Gasteiger partial charge in [-0.15, -0.1) is 0 Å². The van der Waals surface area contributed by atoms with Gasteiger partial charge in [-0.2, -0.15) is 0 Å². The Balaban J connectivity index is 1.76. The normalized spacial score (nSPS) is 26.3. The molecule has 0 amide bonds. The van der Waals surface area contributed by atoms with E-state index in [0.717, 1.165) is 12.6 Å². The highest BCUT2D eigenvalue weighted by atomic mass is 15.3. The third kappa shape index (κ3) is 3.69. The van der Waals surface area contributed by atoms with Crippen molar-refractivity contribution in [2.24, 2.45) is 5.73 Å². The first kappa shape index (κ1) is 14.3. The summed E-state index contributed by atoms with van der Waals surface area (Å²) in [6.45, 7) is 8.10. The van der Waals surface area contributed by atoms with Crippen molar-refractivity contribution in [3.8, 4) is 0 Å². The van der Waals surface area contributed by atoms with Crippen molar-refractivity contribution in [3.05, 3.63) is 0 Å². The zero-order valence-corrected chi connectivity index (χ0v) is 12.1. The van der Waals surface area contributed by atoms with Crippen LogP contribution in [0.4, 0.5) is 0 Å². The van der Waals surface area contributed by atoms with Crippen LogP contribution in [0.3, 0.4) is 0 Å². The van der Waals surface area contributed by atoms with E-state index in [0.29, 0.717) is 6.04 Å². The van der Waals surface area contributed by atoms with E-state index in [1.807, 2.05) is 0 Å². The van der Waals surface area contributed by atoms with Crippen LogP contribution >= 0.6 is 0 Å². The van der Waals surface area contributed by atoms with Crippen LogP contribution in [-0.2, 0) is 0 Å². The number of rotatable bonds is 5. The van der Waals surface area contributed by atoms with Gasteiger partial charge in [-0.25, -0.2) is 0 Å². The Hall–Kier alpha value is -0.120. The van der Waals surface area contributed by atoms with E-state index in [9.17, 15) is 0 Å². The Labute approximate surface area is 113 Å². The van der Waals surface area contributed by atoms with Crippen LogP contribution in [0.1, 0.15) is 51.9 Å². The minimum Gasteiger partial charge on any atom is -0.329 e. The molecule has 18 heavy (non-hydrogen) atoms. The minimum atomic E-state index is 0.628. The summed E-state index contributed by atoms with van der Waals surface area (Å²) in [5.74, 6) is 0. The quantitative estimate of drug-likeness (QED) is 0.814. The van der Waals surface area contributed by atoms with Crippen molar-refractivity contribution in [2.45, 2.75) is 64.0 Å². The molecule has 1 saturated carbocycles. The van der Waals surface area contributed by atoms with Gasteiger partial charge in [0, 0.05) is 44.8 Å². The molecule has 1 unspecified atom stereocenters. The summed E-state index contributed by atoms with van der Waals surface area (Å²) >= 11 is 0. The van der Waals surface area contributed by atoms with Gasteiger partial charge in [0.05, 0.1) is 0 Å². The largest absolute Gasteiger partial charge is 0.329 e. The van der Waals surface area contributed by atoms with Gasteiger partial charge in [0.25, 0.3) is 0 Å². The smallest absolute Gasteiger partial charge is 0.0219 e. The van der Waals surface area contributed by atoms with Crippen molar-refractivity contribution < 1.29 is 0 Å². The topological polar surface area (TPSA) is 32.5 Å². The van der Waals surface area contributed by atoms with E-state index in [4.69, 9.17) is 5.73 Å². The zero-order chi connectivity index (χ0) is 12.8. The highest BCUT2D eigenvalue weighted by Crippen LogP contribution is 2.24. The molecule has 1 aliphatic heterocycles. The summed E-state index contributed by atoms with van der Waals surface area (Å²) < 4.78 is 0. The van der Waals surface area contributed by atoms with Gasteiger partial charge in [0.15, 0.2) is 0 Å². The van der Waals surface area contributed by atoms with E-state index >= 15 is 0 Å². The molecule has 1 heterocycles. The predicted molar refractivity (Wildman–Crippen MR) is 77.8 cm³/mol. The second kappa shape index (κ2) is 7.46. The first-order valence-electron chi connectivity index (χ1n) is 8.03. The third-order valence-electron chi connectivity index (χ3n) is 4.85. The van der Waals surface area contributed by atoms with Crippen LogP contribution in [-0.4, -0.2) is 54.6 Å². The minimum absolute atomic E-state index is 0.628. The lowest BCUT2D eigenvalue weighted by molar-refractivity contribution is 0.0559. The van der Waals surface area contributed by atoms with E-state index in [-0.39, 0.29) is 0 Å². The van der Waals surface area contributed by atoms with Crippen LogP contribution in [0.25, 0.3) is 0 Å². The van der Waals surface area contributed by atoms with Crippen LogP contribution in [0.2, 0.25) is 0 Å². The van der Waals surface area contributed by atoms with Crippen LogP contribution in [0.15, 0.2) is 0 Å². The zero-order valence-electron chi connectivity index (χ0n) is 12.1. The second-order valence-electron chi connectivity index (χ2n) is 6.04. The van der Waals surface area contributed by atoms with Crippen LogP contribution in [0.5, 0.6) is 0 Å². The average molecular weight is 253 g/mol. The van der Waals surface area contributed by atoms with Crippen molar-refractivity contribution in [1.82, 2.24) is 9.80 Å². The number of hydrogen-bond acceptors (Lipinski definition) is 3. The van der Waals surface area contributed by atoms with Crippen molar-refractivity contribution in [2.75, 3.05) is 32.7 Å². The summed E-state index contributed by atoms with van der Waals surface area (Å²) in [4.78, 5) is 5.37. The van der Waals surface area contributed by atoms with Crippen LogP contribution < -0.4 is 5.73 Å². The molecule has 2 fully saturated rings. The second-order valence-corrected chi connectivity index (χ2v) is 6.04. The molecule has 0 aromatic carbocycles. The summed E-state index contributed by atoms with van der Waals surface area (Å²) in [5, 5.41) is 0. The van der Waals surface area contributed by atoms with Gasteiger partial charge in [0.2, 0.25) is 0 Å². The van der Waals surface area contributed by atoms with Gasteiger partial charge in [0.1, 0.15) is 0 Å². The molecule has 3 heteroatoms. The van der Waals surface area contributed by atoms with Crippen molar-refractivity contribution in [1.29, 1.82) is 0 Å². The highest BCUT2D eigenvalue weighted by Gasteiger charge is 2.27. The van der Waals surface area contributed by atoms with Gasteiger partial charge >= 0.3 is 0 Å². The molecule has 1 atom stereocenters. The lowest BCUT2D eigenvalue weighted by Crippen LogP contribution is -2.54. The number of hydrogen-bond donors (Lipinski definition) is 1. The Morgan fingerprint density at radius 2 is 1.72 bits per heavy atom. The molecular weight excluding hydrogens is 222 g/mol. The summed E-state index contributed by atoms with van der Waals surface area (Å²) in [7, 11) is 0. The van der Waals surface area contributed by atoms with E-state index < -0.39 is 0 Å². The van der Waals surface area contributed by atoms with Gasteiger partial charge in [-0.1, -0.05) is 32.6 Å². The molecule has 0 spiro atoms. The lowest BCUT2D eigenvalue weighted by atomic mass is 9.93. The highest BCUT2D eigenvalue weighted by molar-refractivity contribution is 4.83. The Kier molecular flexibility index (Phi) is 5.93. The molecule has 0 aromatic heterocycles. The number of piperazine rings is 1. The molecule has 1 aliphatic carbocycles. The maximum atomic E-state index is 5.91. The third-order valence-corrected chi connectivity index (χ3v) is 4.85. The molecule has 2 aliphatic rings. The summed E-state index contributed by atoms with van der Waals surface area (Å²) in [6, 6.07) is 1.52. The van der Waals surface area contributed by atoms with Crippen LogP contribution in [0, 0.1) is 0 Å². The fraction of sp³-hybridized carbons (Fsp3) is 1.00. The Bertz CT molecular complexity index is 205. The standard InChI is InChI=1S/C15H31N3/c1-2-6-15(13-16)18-11-9-17(10-12-18)14-7-4-3-5-8-14/h14-15H,2-13,16H2,1H3. The average Bonchev–Trinajstić information content (AvgIpc) is 2.46. The van der Waals surface area contributed by atoms with E-state index in [1.165, 1.54) is 71.1 Å². The molecule has 1 saturated heterocycles. The van der Waals surface area contributed by atoms with E-state index in [1.54, 1.807) is 0 Å². The van der Waals surface area contributed by atoms with Gasteiger partial charge < -0.3 is 5.73 Å². The number of nitrogens with zero attached hydrogens (tertiary/aromatic N) is 2. The number of nitrogens with two attached hydrogens (primary N) is 1. The molecule has 2 rings (SSSR count). The van der Waals surface area contributed by atoms with Gasteiger partial charge in [-0.05, 0) is 19.3 Å². The fourth-order valence-electron chi connectivity index (χ4n) is 3.70. The summed E-state index contributed by atoms with van der Waals surface area (Å²) in [5.41, 5.74) is 5.91. The molecule has 0 radical (unpaired) electrons. The molecule has 2 N–H and O–H groups in total. The van der Waals surface area contributed by atoms with Crippen molar-refractivity contribution >= 4 is 0 Å². The Morgan fingerprint density at radius 3 is 2.28 bits per heavy atom. The van der Waals surface area contributed by atoms with E-state index in [2.05, 4.69) is 16.7 Å². The predicted octanol–water partition coefficient (Wildman–Crippen LogP) is 2.06. The van der Waals surface area contributed by atoms with Crippen molar-refractivity contribution in [3.63, 3.8) is 0 Å².